The van der Waals surface area contributed by atoms with Gasteiger partial charge in [-0.3, -0.25) is 9.59 Å². The quantitative estimate of drug-likeness (QED) is 0.325. The second kappa shape index (κ2) is 9.75. The third-order valence-electron chi connectivity index (χ3n) is 6.86. The summed E-state index contributed by atoms with van der Waals surface area (Å²) in [6, 6.07) is 15.4. The third kappa shape index (κ3) is 4.83. The highest BCUT2D eigenvalue weighted by Crippen LogP contribution is 2.51. The molecule has 1 aliphatic heterocycles. The monoisotopic (exact) mass is 538 g/mol. The van der Waals surface area contributed by atoms with Gasteiger partial charge in [0.2, 0.25) is 22.7 Å². The first kappa shape index (κ1) is 25.7. The highest BCUT2D eigenvalue weighted by atomic mass is 32.2. The fraction of sp³-hybridized carbons (Fsp3) is 0.259. The molecule has 0 unspecified atom stereocenters. The molecule has 0 radical (unpaired) electrons. The van der Waals surface area contributed by atoms with Crippen molar-refractivity contribution in [1.82, 2.24) is 4.72 Å². The number of benzene rings is 3. The first-order chi connectivity index (χ1) is 18.1. The Hall–Kier alpha value is -3.93. The smallest absolute Gasteiger partial charge is 0.324 e. The maximum absolute atomic E-state index is 13.3. The number of anilines is 1. The van der Waals surface area contributed by atoms with Crippen LogP contribution in [0, 0.1) is 6.92 Å². The van der Waals surface area contributed by atoms with Crippen LogP contribution in [0.2, 0.25) is 0 Å². The van der Waals surface area contributed by atoms with E-state index in [1.54, 1.807) is 12.1 Å². The van der Waals surface area contributed by atoms with Gasteiger partial charge in [0.1, 0.15) is 6.04 Å². The Balaban J connectivity index is 1.34. The standard InChI is InChI=1S/C27H26N2O8S/c1-16-2-6-19(28-26(33)27(10-11-27)18-5-9-23-24(12-18)37-15-36-23)13-21(16)17-3-7-20(8-4-17)38(34,35)29-22(14-30)25(31)32/h2-9,12-13,22,29-30H,10-11,14-15H2,1H3,(H,28,33)(H,31,32)/t22-/m1/s1. The number of amides is 1. The average Bonchev–Trinajstić information content (AvgIpc) is 3.59. The lowest BCUT2D eigenvalue weighted by Crippen LogP contribution is -2.43. The number of ether oxygens (including phenoxy) is 2. The summed E-state index contributed by atoms with van der Waals surface area (Å²) in [7, 11) is -4.15. The molecule has 11 heteroatoms. The van der Waals surface area contributed by atoms with Gasteiger partial charge in [-0.15, -0.1) is 0 Å². The minimum absolute atomic E-state index is 0.115. The summed E-state index contributed by atoms with van der Waals surface area (Å²) in [6.45, 7) is 1.19. The fourth-order valence-corrected chi connectivity index (χ4v) is 5.64. The highest BCUT2D eigenvalue weighted by Gasteiger charge is 2.51. The number of aliphatic hydroxyl groups excluding tert-OH is 1. The van der Waals surface area contributed by atoms with Crippen molar-refractivity contribution >= 4 is 27.6 Å². The van der Waals surface area contributed by atoms with E-state index in [1.807, 2.05) is 48.0 Å². The number of fused-ring (bicyclic) bond motifs is 1. The molecular formula is C27H26N2O8S. The van der Waals surface area contributed by atoms with Gasteiger partial charge >= 0.3 is 5.97 Å². The minimum Gasteiger partial charge on any atom is -0.480 e. The van der Waals surface area contributed by atoms with Crippen molar-refractivity contribution in [2.75, 3.05) is 18.7 Å². The molecule has 4 N–H and O–H groups in total. The van der Waals surface area contributed by atoms with Crippen molar-refractivity contribution in [3.05, 3.63) is 71.8 Å². The van der Waals surface area contributed by atoms with Gasteiger partial charge in [-0.25, -0.2) is 8.42 Å². The second-order valence-electron chi connectivity index (χ2n) is 9.35. The van der Waals surface area contributed by atoms with Crippen molar-refractivity contribution < 1.29 is 37.7 Å². The molecule has 0 saturated heterocycles. The molecule has 1 aliphatic carbocycles. The number of aryl methyl sites for hydroxylation is 1. The van der Waals surface area contributed by atoms with Crippen molar-refractivity contribution in [1.29, 1.82) is 0 Å². The van der Waals surface area contributed by atoms with E-state index in [9.17, 15) is 18.0 Å². The fourth-order valence-electron chi connectivity index (χ4n) is 4.46. The second-order valence-corrected chi connectivity index (χ2v) is 11.1. The van der Waals surface area contributed by atoms with Gasteiger partial charge in [-0.2, -0.15) is 4.72 Å². The molecule has 1 fully saturated rings. The van der Waals surface area contributed by atoms with Crippen molar-refractivity contribution in [3.8, 4) is 22.6 Å². The average molecular weight is 539 g/mol. The number of carbonyl (C=O) groups excluding carboxylic acids is 1. The third-order valence-corrected chi connectivity index (χ3v) is 8.35. The van der Waals surface area contributed by atoms with Gasteiger partial charge in [-0.05, 0) is 78.4 Å². The van der Waals surface area contributed by atoms with Gasteiger partial charge in [0, 0.05) is 5.69 Å². The number of carboxylic acids is 1. The number of aliphatic carboxylic acids is 1. The lowest BCUT2D eigenvalue weighted by molar-refractivity contribution is -0.139. The zero-order chi connectivity index (χ0) is 27.1. The molecule has 0 aromatic heterocycles. The van der Waals surface area contributed by atoms with E-state index in [-0.39, 0.29) is 17.6 Å². The summed E-state index contributed by atoms with van der Waals surface area (Å²) in [5.74, 6) is -0.295. The Morgan fingerprint density at radius 1 is 1.00 bits per heavy atom. The van der Waals surface area contributed by atoms with Gasteiger partial charge in [0.05, 0.1) is 16.9 Å². The van der Waals surface area contributed by atoms with Crippen LogP contribution in [0.4, 0.5) is 5.69 Å². The van der Waals surface area contributed by atoms with Crippen LogP contribution >= 0.6 is 0 Å². The number of sulfonamides is 1. The first-order valence-corrected chi connectivity index (χ1v) is 13.4. The molecule has 0 bridgehead atoms. The normalized spacial score (nSPS) is 16.1. The van der Waals surface area contributed by atoms with E-state index >= 15 is 0 Å². The van der Waals surface area contributed by atoms with E-state index in [0.717, 1.165) is 29.5 Å². The van der Waals surface area contributed by atoms with E-state index in [4.69, 9.17) is 19.7 Å². The molecule has 1 amide bonds. The predicted molar refractivity (Wildman–Crippen MR) is 138 cm³/mol. The molecule has 3 aromatic rings. The molecule has 3 aromatic carbocycles. The van der Waals surface area contributed by atoms with E-state index in [1.165, 1.54) is 12.1 Å². The van der Waals surface area contributed by atoms with Crippen LogP contribution in [0.15, 0.2) is 65.6 Å². The van der Waals surface area contributed by atoms with Crippen molar-refractivity contribution in [2.24, 2.45) is 0 Å². The van der Waals surface area contributed by atoms with Crippen LogP contribution in [0.3, 0.4) is 0 Å². The summed E-state index contributed by atoms with van der Waals surface area (Å²) in [6.07, 6.45) is 1.44. The first-order valence-electron chi connectivity index (χ1n) is 11.9. The number of carboxylic acid groups (broad SMARTS) is 1. The zero-order valence-corrected chi connectivity index (χ0v) is 21.2. The van der Waals surface area contributed by atoms with E-state index in [0.29, 0.717) is 22.7 Å². The number of rotatable bonds is 9. The molecule has 1 atom stereocenters. The van der Waals surface area contributed by atoms with Crippen LogP contribution < -0.4 is 19.5 Å². The lowest BCUT2D eigenvalue weighted by Gasteiger charge is -2.17. The van der Waals surface area contributed by atoms with Crippen molar-refractivity contribution in [3.63, 3.8) is 0 Å². The number of nitrogens with one attached hydrogen (secondary N) is 2. The minimum atomic E-state index is -4.15. The lowest BCUT2D eigenvalue weighted by atomic mass is 9.94. The van der Waals surface area contributed by atoms with Crippen LogP contribution in [-0.4, -0.2) is 49.9 Å². The number of carbonyl (C=O) groups is 2. The van der Waals surface area contributed by atoms with Gasteiger partial charge in [0.25, 0.3) is 0 Å². The Morgan fingerprint density at radius 3 is 2.37 bits per heavy atom. The maximum Gasteiger partial charge on any atom is 0.324 e. The molecular weight excluding hydrogens is 512 g/mol. The summed E-state index contributed by atoms with van der Waals surface area (Å²) in [5, 5.41) is 21.2. The Morgan fingerprint density at radius 2 is 1.71 bits per heavy atom. The van der Waals surface area contributed by atoms with Crippen molar-refractivity contribution in [2.45, 2.75) is 36.1 Å². The van der Waals surface area contributed by atoms with Gasteiger partial charge in [0.15, 0.2) is 11.5 Å². The Labute approximate surface area is 219 Å². The summed E-state index contributed by atoms with van der Waals surface area (Å²) >= 11 is 0. The van der Waals surface area contributed by atoms with E-state index < -0.39 is 34.1 Å². The maximum atomic E-state index is 13.3. The molecule has 1 saturated carbocycles. The van der Waals surface area contributed by atoms with Gasteiger partial charge < -0.3 is 25.0 Å². The zero-order valence-electron chi connectivity index (χ0n) is 20.4. The Kier molecular flexibility index (Phi) is 6.59. The van der Waals surface area contributed by atoms with Crippen LogP contribution in [0.25, 0.3) is 11.1 Å². The van der Waals surface area contributed by atoms with Crippen LogP contribution in [-0.2, 0) is 25.0 Å². The number of aliphatic hydroxyl groups is 1. The molecule has 5 rings (SSSR count). The number of hydrogen-bond acceptors (Lipinski definition) is 7. The SMILES string of the molecule is Cc1ccc(NC(=O)C2(c3ccc4c(c3)OCO4)CC2)cc1-c1ccc(S(=O)(=O)N[C@H](CO)C(=O)O)cc1. The molecule has 198 valence electrons. The topological polar surface area (TPSA) is 151 Å². The molecule has 0 spiro atoms. The number of hydrogen-bond donors (Lipinski definition) is 4. The largest absolute Gasteiger partial charge is 0.480 e. The predicted octanol–water partition coefficient (Wildman–Crippen LogP) is 2.78. The Bertz CT molecular complexity index is 1510. The van der Waals surface area contributed by atoms with Crippen LogP contribution in [0.1, 0.15) is 24.0 Å². The molecule has 1 heterocycles. The molecule has 10 nitrogen and oxygen atoms in total. The molecule has 38 heavy (non-hydrogen) atoms. The van der Waals surface area contributed by atoms with E-state index in [2.05, 4.69) is 5.32 Å². The van der Waals surface area contributed by atoms with Gasteiger partial charge in [-0.1, -0.05) is 24.3 Å². The van der Waals surface area contributed by atoms with Crippen LogP contribution in [0.5, 0.6) is 11.5 Å². The summed E-state index contributed by atoms with van der Waals surface area (Å²) < 4.78 is 37.9. The highest BCUT2D eigenvalue weighted by molar-refractivity contribution is 7.89. The molecule has 2 aliphatic rings. The summed E-state index contributed by atoms with van der Waals surface area (Å²) in [5.41, 5.74) is 3.28. The summed E-state index contributed by atoms with van der Waals surface area (Å²) in [4.78, 5) is 24.3.